The number of hydrogen-bond donors (Lipinski definition) is 0. The number of unbranched alkanes of at least 4 members (excludes halogenated alkanes) is 10. The molecule has 48 heavy (non-hydrogen) atoms. The molecule has 0 fully saturated rings. The summed E-state index contributed by atoms with van der Waals surface area (Å²) in [5.74, 6) is -1.96. The third kappa shape index (κ3) is 13.2. The zero-order chi connectivity index (χ0) is 34.8. The van der Waals surface area contributed by atoms with Crippen molar-refractivity contribution in [3.8, 4) is 16.9 Å². The van der Waals surface area contributed by atoms with Crippen LogP contribution >= 0.6 is 0 Å². The summed E-state index contributed by atoms with van der Waals surface area (Å²) in [6.45, 7) is 4.57. The second-order valence-corrected chi connectivity index (χ2v) is 12.0. The topological polar surface area (TPSA) is 78.9 Å². The van der Waals surface area contributed by atoms with Crippen molar-refractivity contribution < 1.29 is 41.8 Å². The molecule has 0 N–H and O–H groups in total. The van der Waals surface area contributed by atoms with Gasteiger partial charge in [0.25, 0.3) is 0 Å². The minimum atomic E-state index is -4.66. The second-order valence-electron chi connectivity index (χ2n) is 12.0. The molecule has 0 aromatic heterocycles. The highest BCUT2D eigenvalue weighted by atomic mass is 19.4. The third-order valence-corrected chi connectivity index (χ3v) is 8.04. The Bertz CT molecular complexity index is 1400. The summed E-state index contributed by atoms with van der Waals surface area (Å²) in [5, 5.41) is 0. The van der Waals surface area contributed by atoms with Crippen molar-refractivity contribution in [2.45, 2.75) is 110 Å². The molecule has 0 aliphatic heterocycles. The third-order valence-electron chi connectivity index (χ3n) is 8.04. The lowest BCUT2D eigenvalue weighted by atomic mass is 10.0. The van der Waals surface area contributed by atoms with Crippen molar-refractivity contribution in [2.24, 2.45) is 0 Å². The van der Waals surface area contributed by atoms with Crippen molar-refractivity contribution in [1.82, 2.24) is 0 Å². The maximum Gasteiger partial charge on any atom is 0.425 e. The molecule has 0 saturated carbocycles. The number of carbonyl (C=O) groups is 3. The van der Waals surface area contributed by atoms with Crippen LogP contribution in [0.5, 0.6) is 5.75 Å². The number of carbonyl (C=O) groups excluding carboxylic acids is 3. The van der Waals surface area contributed by atoms with Crippen molar-refractivity contribution in [2.75, 3.05) is 6.61 Å². The second kappa shape index (κ2) is 20.3. The van der Waals surface area contributed by atoms with Gasteiger partial charge in [0, 0.05) is 0 Å². The predicted molar refractivity (Wildman–Crippen MR) is 180 cm³/mol. The molecule has 3 aromatic carbocycles. The fourth-order valence-electron chi connectivity index (χ4n) is 5.15. The molecule has 1 atom stereocenters. The average Bonchev–Trinajstić information content (AvgIpc) is 3.08. The monoisotopic (exact) mass is 668 g/mol. The fourth-order valence-corrected chi connectivity index (χ4v) is 5.15. The first-order valence-corrected chi connectivity index (χ1v) is 17.1. The molecule has 0 saturated heterocycles. The lowest BCUT2D eigenvalue weighted by Gasteiger charge is -2.20. The van der Waals surface area contributed by atoms with Gasteiger partial charge in [-0.1, -0.05) is 102 Å². The van der Waals surface area contributed by atoms with Gasteiger partial charge in [0.05, 0.1) is 23.3 Å². The number of rotatable bonds is 20. The van der Waals surface area contributed by atoms with E-state index in [0.717, 1.165) is 43.2 Å². The van der Waals surface area contributed by atoms with Crippen LogP contribution in [0, 0.1) is 0 Å². The summed E-state index contributed by atoms with van der Waals surface area (Å²) < 4.78 is 55.7. The largest absolute Gasteiger partial charge is 0.462 e. The lowest BCUT2D eigenvalue weighted by molar-refractivity contribution is -0.206. The van der Waals surface area contributed by atoms with Crippen LogP contribution in [0.3, 0.4) is 0 Å². The first-order valence-electron chi connectivity index (χ1n) is 17.1. The van der Waals surface area contributed by atoms with Gasteiger partial charge in [-0.15, -0.1) is 0 Å². The fraction of sp³-hybridized carbons (Fsp3) is 0.462. The normalized spacial score (nSPS) is 11.9. The van der Waals surface area contributed by atoms with E-state index in [1.165, 1.54) is 56.4 Å². The van der Waals surface area contributed by atoms with E-state index in [0.29, 0.717) is 25.0 Å². The van der Waals surface area contributed by atoms with E-state index >= 15 is 0 Å². The van der Waals surface area contributed by atoms with Gasteiger partial charge in [-0.25, -0.2) is 14.4 Å². The molecule has 0 bridgehead atoms. The Hall–Kier alpha value is -4.14. The summed E-state index contributed by atoms with van der Waals surface area (Å²) in [7, 11) is 0. The zero-order valence-corrected chi connectivity index (χ0v) is 28.0. The molecule has 0 radical (unpaired) electrons. The minimum Gasteiger partial charge on any atom is -0.462 e. The molecule has 3 rings (SSSR count). The van der Waals surface area contributed by atoms with Gasteiger partial charge in [-0.3, -0.25) is 0 Å². The van der Waals surface area contributed by atoms with Gasteiger partial charge >= 0.3 is 24.1 Å². The summed E-state index contributed by atoms with van der Waals surface area (Å²) in [6.07, 6.45) is 4.91. The Morgan fingerprint density at radius 3 is 1.52 bits per heavy atom. The number of benzene rings is 3. The number of esters is 3. The lowest BCUT2D eigenvalue weighted by Crippen LogP contribution is -2.33. The summed E-state index contributed by atoms with van der Waals surface area (Å²) in [4.78, 5) is 37.5. The van der Waals surface area contributed by atoms with Crippen LogP contribution in [-0.4, -0.2) is 36.8 Å². The number of halogens is 3. The number of hydrogen-bond acceptors (Lipinski definition) is 6. The average molecular weight is 669 g/mol. The van der Waals surface area contributed by atoms with Gasteiger partial charge in [0.1, 0.15) is 5.75 Å². The summed E-state index contributed by atoms with van der Waals surface area (Å²) in [5.41, 5.74) is 2.35. The number of alkyl halides is 3. The van der Waals surface area contributed by atoms with Crippen LogP contribution in [0.2, 0.25) is 0 Å². The molecule has 0 aliphatic rings. The van der Waals surface area contributed by atoms with E-state index in [1.54, 1.807) is 36.4 Å². The highest BCUT2D eigenvalue weighted by Gasteiger charge is 2.42. The van der Waals surface area contributed by atoms with Gasteiger partial charge in [-0.2, -0.15) is 13.2 Å². The molecular formula is C39H47F3O6. The quantitative estimate of drug-likeness (QED) is 0.0677. The van der Waals surface area contributed by atoms with Crippen molar-refractivity contribution in [3.63, 3.8) is 0 Å². The van der Waals surface area contributed by atoms with E-state index in [4.69, 9.17) is 14.2 Å². The van der Waals surface area contributed by atoms with E-state index in [1.807, 2.05) is 19.1 Å². The maximum absolute atomic E-state index is 13.4. The van der Waals surface area contributed by atoms with Crippen LogP contribution < -0.4 is 4.74 Å². The van der Waals surface area contributed by atoms with E-state index in [2.05, 4.69) is 6.92 Å². The number of ether oxygens (including phenoxy) is 3. The minimum absolute atomic E-state index is 0.0789. The predicted octanol–water partition coefficient (Wildman–Crippen LogP) is 10.9. The Balaban J connectivity index is 1.46. The SMILES string of the molecule is CCCCCCCCCCOC(=O)c1ccc(-c2ccc(C(=O)Oc3ccc(C(=O)OC(CCCCCC)C(F)(F)F)cc3)cc2)cc1. The van der Waals surface area contributed by atoms with E-state index < -0.39 is 24.2 Å². The molecule has 3 aromatic rings. The summed E-state index contributed by atoms with van der Waals surface area (Å²) in [6, 6.07) is 18.9. The van der Waals surface area contributed by atoms with Crippen molar-refractivity contribution in [1.29, 1.82) is 0 Å². The first kappa shape index (κ1) is 38.3. The van der Waals surface area contributed by atoms with Crippen LogP contribution in [0.15, 0.2) is 72.8 Å². The molecule has 0 heterocycles. The van der Waals surface area contributed by atoms with Crippen LogP contribution in [0.4, 0.5) is 13.2 Å². The molecule has 6 nitrogen and oxygen atoms in total. The first-order chi connectivity index (χ1) is 23.1. The highest BCUT2D eigenvalue weighted by molar-refractivity contribution is 5.93. The highest BCUT2D eigenvalue weighted by Crippen LogP contribution is 2.28. The van der Waals surface area contributed by atoms with Gasteiger partial charge in [0.2, 0.25) is 0 Å². The molecular weight excluding hydrogens is 621 g/mol. The Labute approximate surface area is 282 Å². The Morgan fingerprint density at radius 2 is 1.00 bits per heavy atom. The van der Waals surface area contributed by atoms with Crippen molar-refractivity contribution >= 4 is 17.9 Å². The Kier molecular flexibility index (Phi) is 16.2. The van der Waals surface area contributed by atoms with E-state index in [9.17, 15) is 27.6 Å². The standard InChI is InChI=1S/C39H47F3O6/c1-3-5-7-9-10-11-12-14-28-46-36(43)31-20-16-29(17-21-31)30-18-22-32(23-19-30)37(44)47-34-26-24-33(25-27-34)38(45)48-35(39(40,41)42)15-13-8-6-4-2/h16-27,35H,3-15,28H2,1-2H3. The molecule has 1 unspecified atom stereocenters. The van der Waals surface area contributed by atoms with Crippen molar-refractivity contribution in [3.05, 3.63) is 89.5 Å². The summed E-state index contributed by atoms with van der Waals surface area (Å²) >= 11 is 0. The zero-order valence-electron chi connectivity index (χ0n) is 28.0. The smallest absolute Gasteiger partial charge is 0.425 e. The molecule has 0 spiro atoms. The molecule has 0 amide bonds. The maximum atomic E-state index is 13.4. The van der Waals surface area contributed by atoms with Gasteiger partial charge < -0.3 is 14.2 Å². The molecule has 0 aliphatic carbocycles. The van der Waals surface area contributed by atoms with Gasteiger partial charge in [-0.05, 0) is 78.9 Å². The van der Waals surface area contributed by atoms with Crippen LogP contribution in [-0.2, 0) is 9.47 Å². The van der Waals surface area contributed by atoms with Gasteiger partial charge in [0.15, 0.2) is 6.10 Å². The van der Waals surface area contributed by atoms with Crippen LogP contribution in [0.1, 0.15) is 128 Å². The van der Waals surface area contributed by atoms with E-state index in [-0.39, 0.29) is 29.3 Å². The molecule has 9 heteroatoms. The molecule has 260 valence electrons. The van der Waals surface area contributed by atoms with Crippen LogP contribution in [0.25, 0.3) is 11.1 Å². The Morgan fingerprint density at radius 1 is 0.562 bits per heavy atom.